The van der Waals surface area contributed by atoms with Crippen molar-refractivity contribution in [2.24, 2.45) is 0 Å². The van der Waals surface area contributed by atoms with Crippen LogP contribution >= 0.6 is 11.3 Å². The maximum atomic E-state index is 12.8. The van der Waals surface area contributed by atoms with Gasteiger partial charge in [0.1, 0.15) is 16.7 Å². The fraction of sp³-hybridized carbons (Fsp3) is 0. The van der Waals surface area contributed by atoms with E-state index in [4.69, 9.17) is 4.42 Å². The first-order valence-corrected chi connectivity index (χ1v) is 12.4. The summed E-state index contributed by atoms with van der Waals surface area (Å²) < 4.78 is 7.43. The lowest BCUT2D eigenvalue weighted by molar-refractivity contribution is -0.384. The molecule has 0 radical (unpaired) electrons. The zero-order chi connectivity index (χ0) is 26.2. The van der Waals surface area contributed by atoms with Crippen molar-refractivity contribution >= 4 is 50.4 Å². The second-order valence-corrected chi connectivity index (χ2v) is 9.29. The first kappa shape index (κ1) is 23.1. The van der Waals surface area contributed by atoms with Crippen molar-refractivity contribution in [2.45, 2.75) is 0 Å². The average molecular weight is 517 g/mol. The predicted molar refractivity (Wildman–Crippen MR) is 147 cm³/mol. The third-order valence-electron chi connectivity index (χ3n) is 6.18. The van der Waals surface area contributed by atoms with Crippen LogP contribution in [-0.2, 0) is 0 Å². The van der Waals surface area contributed by atoms with Gasteiger partial charge in [0.05, 0.1) is 21.8 Å². The number of aromatic nitrogens is 2. The van der Waals surface area contributed by atoms with Gasteiger partial charge in [-0.3, -0.25) is 10.1 Å². The van der Waals surface area contributed by atoms with Gasteiger partial charge < -0.3 is 8.98 Å². The van der Waals surface area contributed by atoms with Gasteiger partial charge in [-0.2, -0.15) is 5.26 Å². The van der Waals surface area contributed by atoms with Gasteiger partial charge in [-0.1, -0.05) is 30.3 Å². The van der Waals surface area contributed by atoms with Crippen molar-refractivity contribution in [3.8, 4) is 23.0 Å². The summed E-state index contributed by atoms with van der Waals surface area (Å²) in [4.78, 5) is 27.9. The Morgan fingerprint density at radius 1 is 1.05 bits per heavy atom. The largest absolute Gasteiger partial charge is 0.422 e. The lowest BCUT2D eigenvalue weighted by atomic mass is 10.0. The molecule has 0 aliphatic rings. The number of benzene rings is 3. The number of fused-ring (bicyclic) bond motifs is 3. The molecule has 0 aliphatic heterocycles. The minimum absolute atomic E-state index is 0.00260. The molecule has 9 heteroatoms. The summed E-state index contributed by atoms with van der Waals surface area (Å²) >= 11 is 1.26. The van der Waals surface area contributed by atoms with Crippen LogP contribution in [0.4, 0.5) is 5.69 Å². The zero-order valence-electron chi connectivity index (χ0n) is 19.6. The number of allylic oxidation sites excluding steroid dienone is 1. The van der Waals surface area contributed by atoms with Crippen LogP contribution in [0.3, 0.4) is 0 Å². The van der Waals surface area contributed by atoms with Crippen LogP contribution in [0.15, 0.2) is 99.7 Å². The Balaban J connectivity index is 1.39. The maximum Gasteiger partial charge on any atom is 0.345 e. The second-order valence-electron chi connectivity index (χ2n) is 8.43. The van der Waals surface area contributed by atoms with Gasteiger partial charge in [-0.15, -0.1) is 11.3 Å². The lowest BCUT2D eigenvalue weighted by Crippen LogP contribution is -2.03. The number of rotatable bonds is 5. The van der Waals surface area contributed by atoms with Crippen LogP contribution in [0.2, 0.25) is 0 Å². The van der Waals surface area contributed by atoms with E-state index in [0.29, 0.717) is 38.8 Å². The number of hydrogen-bond acceptors (Lipinski definition) is 7. The average Bonchev–Trinajstić information content (AvgIpc) is 3.61. The highest BCUT2D eigenvalue weighted by Crippen LogP contribution is 2.30. The Bertz CT molecular complexity index is 1990. The predicted octanol–water partition coefficient (Wildman–Crippen LogP) is 6.83. The van der Waals surface area contributed by atoms with E-state index < -0.39 is 10.5 Å². The molecule has 0 atom stereocenters. The number of nitro groups is 1. The van der Waals surface area contributed by atoms with E-state index in [1.54, 1.807) is 41.9 Å². The molecule has 0 spiro atoms. The monoisotopic (exact) mass is 516 g/mol. The maximum absolute atomic E-state index is 12.8. The summed E-state index contributed by atoms with van der Waals surface area (Å²) in [7, 11) is 0. The van der Waals surface area contributed by atoms with Gasteiger partial charge in [0.15, 0.2) is 0 Å². The Labute approximate surface area is 219 Å². The van der Waals surface area contributed by atoms with Crippen LogP contribution < -0.4 is 5.63 Å². The number of non-ortho nitro benzene ring substituents is 1. The molecule has 0 bridgehead atoms. The molecule has 6 aromatic rings. The molecule has 0 N–H and O–H groups in total. The lowest BCUT2D eigenvalue weighted by Gasteiger charge is -2.06. The standard InChI is InChI=1S/C29H16N4O4S/c30-16-19(14-22-5-3-13-32(22)20-8-10-21(11-9-20)33(35)36)28-31-26(17-38-28)25-15-24-23-6-2-1-4-18(23)7-12-27(24)37-29(25)34/h1-15,17H. The molecule has 0 saturated heterocycles. The second kappa shape index (κ2) is 9.28. The molecule has 0 saturated carbocycles. The number of hydrogen-bond donors (Lipinski definition) is 0. The quantitative estimate of drug-likeness (QED) is 0.0815. The highest BCUT2D eigenvalue weighted by molar-refractivity contribution is 7.11. The summed E-state index contributed by atoms with van der Waals surface area (Å²) in [5, 5.41) is 25.9. The molecular weight excluding hydrogens is 500 g/mol. The molecule has 38 heavy (non-hydrogen) atoms. The van der Waals surface area contributed by atoms with E-state index >= 15 is 0 Å². The normalized spacial score (nSPS) is 11.6. The molecule has 0 amide bonds. The summed E-state index contributed by atoms with van der Waals surface area (Å²) in [5.74, 6) is 0. The molecule has 6 rings (SSSR count). The summed E-state index contributed by atoms with van der Waals surface area (Å²) in [6.07, 6.45) is 3.50. The SMILES string of the molecule is N#CC(=Cc1cccn1-c1ccc([N+](=O)[O-])cc1)c1nc(-c2cc3c(ccc4ccccc43)oc2=O)cs1. The van der Waals surface area contributed by atoms with E-state index in [9.17, 15) is 20.2 Å². The van der Waals surface area contributed by atoms with E-state index in [0.717, 1.165) is 16.2 Å². The Kier molecular flexibility index (Phi) is 5.64. The molecule has 8 nitrogen and oxygen atoms in total. The minimum atomic E-state index is -0.501. The van der Waals surface area contributed by atoms with Gasteiger partial charge in [0.2, 0.25) is 0 Å². The van der Waals surface area contributed by atoms with Gasteiger partial charge in [0, 0.05) is 40.5 Å². The molecule has 182 valence electrons. The van der Waals surface area contributed by atoms with E-state index in [-0.39, 0.29) is 5.69 Å². The Morgan fingerprint density at radius 2 is 1.87 bits per heavy atom. The molecule has 0 aliphatic carbocycles. The highest BCUT2D eigenvalue weighted by Gasteiger charge is 2.16. The number of thiazole rings is 1. The fourth-order valence-electron chi connectivity index (χ4n) is 4.34. The Hall–Kier alpha value is -5.33. The first-order valence-electron chi connectivity index (χ1n) is 11.5. The van der Waals surface area contributed by atoms with Crippen molar-refractivity contribution in [2.75, 3.05) is 0 Å². The van der Waals surface area contributed by atoms with Crippen LogP contribution in [0.5, 0.6) is 0 Å². The van der Waals surface area contributed by atoms with Crippen molar-refractivity contribution in [3.63, 3.8) is 0 Å². The molecule has 0 unspecified atom stereocenters. The van der Waals surface area contributed by atoms with Crippen molar-refractivity contribution < 1.29 is 9.34 Å². The molecular formula is C29H16N4O4S. The number of nitro benzene ring substituents is 1. The summed E-state index contributed by atoms with van der Waals surface area (Å²) in [6, 6.07) is 25.3. The smallest absolute Gasteiger partial charge is 0.345 e. The fourth-order valence-corrected chi connectivity index (χ4v) is 5.13. The van der Waals surface area contributed by atoms with Gasteiger partial charge in [0.25, 0.3) is 5.69 Å². The van der Waals surface area contributed by atoms with Crippen LogP contribution in [-0.4, -0.2) is 14.5 Å². The van der Waals surface area contributed by atoms with Crippen molar-refractivity contribution in [1.29, 1.82) is 5.26 Å². The van der Waals surface area contributed by atoms with Crippen LogP contribution in [0, 0.1) is 21.4 Å². The third-order valence-corrected chi connectivity index (χ3v) is 7.06. The molecule has 3 heterocycles. The summed E-state index contributed by atoms with van der Waals surface area (Å²) in [6.45, 7) is 0. The number of nitriles is 1. The number of nitrogens with zero attached hydrogens (tertiary/aromatic N) is 4. The molecule has 3 aromatic heterocycles. The third kappa shape index (κ3) is 4.05. The van der Waals surface area contributed by atoms with E-state index in [1.165, 1.54) is 23.5 Å². The minimum Gasteiger partial charge on any atom is -0.422 e. The van der Waals surface area contributed by atoms with Crippen LogP contribution in [0.1, 0.15) is 10.7 Å². The highest BCUT2D eigenvalue weighted by atomic mass is 32.1. The van der Waals surface area contributed by atoms with Crippen molar-refractivity contribution in [1.82, 2.24) is 9.55 Å². The Morgan fingerprint density at radius 3 is 2.66 bits per heavy atom. The summed E-state index contributed by atoms with van der Waals surface area (Å²) in [5.41, 5.74) is 2.48. The van der Waals surface area contributed by atoms with Gasteiger partial charge in [-0.25, -0.2) is 9.78 Å². The van der Waals surface area contributed by atoms with E-state index in [2.05, 4.69) is 11.1 Å². The van der Waals surface area contributed by atoms with Crippen LogP contribution in [0.25, 0.3) is 50.3 Å². The zero-order valence-corrected chi connectivity index (χ0v) is 20.4. The first-order chi connectivity index (χ1) is 18.5. The van der Waals surface area contributed by atoms with Gasteiger partial charge >= 0.3 is 5.63 Å². The van der Waals surface area contributed by atoms with E-state index in [1.807, 2.05) is 47.0 Å². The topological polar surface area (TPSA) is 115 Å². The van der Waals surface area contributed by atoms with Crippen molar-refractivity contribution in [3.05, 3.63) is 122 Å². The molecule has 3 aromatic carbocycles. The van der Waals surface area contributed by atoms with Gasteiger partial charge in [-0.05, 0) is 53.2 Å². The molecule has 0 fully saturated rings.